The first-order valence-electron chi connectivity index (χ1n) is 8.70. The zero-order valence-electron chi connectivity index (χ0n) is 16.4. The van der Waals surface area contributed by atoms with Gasteiger partial charge < -0.3 is 19.9 Å². The van der Waals surface area contributed by atoms with E-state index in [4.69, 9.17) is 19.9 Å². The lowest BCUT2D eigenvalue weighted by Gasteiger charge is -2.13. The average molecular weight is 381 g/mol. The third-order valence-corrected chi connectivity index (χ3v) is 4.45. The molecule has 0 unspecified atom stereocenters. The molecule has 0 fully saturated rings. The van der Waals surface area contributed by atoms with E-state index in [1.54, 1.807) is 44.2 Å². The second-order valence-corrected chi connectivity index (χ2v) is 6.34. The van der Waals surface area contributed by atoms with E-state index in [0.29, 0.717) is 35.2 Å². The minimum atomic E-state index is -0.543. The second kappa shape index (κ2) is 8.04. The highest BCUT2D eigenvalue weighted by atomic mass is 16.5. The molecule has 0 aliphatic carbocycles. The number of methoxy groups -OCH3 is 3. The van der Waals surface area contributed by atoms with Crippen molar-refractivity contribution in [2.24, 2.45) is 5.73 Å². The molecule has 3 rings (SSSR count). The van der Waals surface area contributed by atoms with Gasteiger partial charge in [0.25, 0.3) is 5.91 Å². The number of nitrogens with zero attached hydrogens (tertiary/aromatic N) is 2. The Morgan fingerprint density at radius 3 is 2.11 bits per heavy atom. The lowest BCUT2D eigenvalue weighted by molar-refractivity contribution is 0.0990. The average Bonchev–Trinajstić information content (AvgIpc) is 3.12. The molecular formula is C21H23N3O4. The molecule has 0 atom stereocenters. The predicted molar refractivity (Wildman–Crippen MR) is 106 cm³/mol. The largest absolute Gasteiger partial charge is 0.493 e. The van der Waals surface area contributed by atoms with Crippen LogP contribution in [0.15, 0.2) is 42.5 Å². The van der Waals surface area contributed by atoms with E-state index in [2.05, 4.69) is 5.10 Å². The third kappa shape index (κ3) is 3.78. The Morgan fingerprint density at radius 2 is 1.61 bits per heavy atom. The van der Waals surface area contributed by atoms with Crippen LogP contribution in [0.3, 0.4) is 0 Å². The normalized spacial score (nSPS) is 10.6. The first-order chi connectivity index (χ1) is 13.5. The molecule has 0 saturated heterocycles. The van der Waals surface area contributed by atoms with Gasteiger partial charge in [0.2, 0.25) is 5.75 Å². The summed E-state index contributed by atoms with van der Waals surface area (Å²) in [6.45, 7) is 2.46. The maximum atomic E-state index is 11.9. The van der Waals surface area contributed by atoms with Gasteiger partial charge in [0.1, 0.15) is 5.69 Å². The minimum absolute atomic E-state index is 0.323. The molecular weight excluding hydrogens is 358 g/mol. The zero-order valence-corrected chi connectivity index (χ0v) is 16.4. The lowest BCUT2D eigenvalue weighted by atomic mass is 10.1. The van der Waals surface area contributed by atoms with Crippen LogP contribution in [0, 0.1) is 6.92 Å². The Balaban J connectivity index is 2.05. The number of benzene rings is 2. The van der Waals surface area contributed by atoms with Crippen LogP contribution in [-0.2, 0) is 6.54 Å². The van der Waals surface area contributed by atoms with E-state index in [1.165, 1.54) is 0 Å². The number of nitrogens with two attached hydrogens (primary N) is 1. The van der Waals surface area contributed by atoms with Crippen molar-refractivity contribution in [1.82, 2.24) is 9.78 Å². The molecule has 146 valence electrons. The van der Waals surface area contributed by atoms with E-state index in [0.717, 1.165) is 16.7 Å². The van der Waals surface area contributed by atoms with Crippen LogP contribution in [0.4, 0.5) is 0 Å². The molecule has 28 heavy (non-hydrogen) atoms. The van der Waals surface area contributed by atoms with Gasteiger partial charge in [-0.3, -0.25) is 9.48 Å². The van der Waals surface area contributed by atoms with Crippen LogP contribution >= 0.6 is 0 Å². The smallest absolute Gasteiger partial charge is 0.267 e. The summed E-state index contributed by atoms with van der Waals surface area (Å²) in [5, 5.41) is 4.59. The van der Waals surface area contributed by atoms with Crippen LogP contribution in [0.5, 0.6) is 17.2 Å². The Morgan fingerprint density at radius 1 is 1.00 bits per heavy atom. The summed E-state index contributed by atoms with van der Waals surface area (Å²) in [5.41, 5.74) is 9.39. The van der Waals surface area contributed by atoms with Crippen molar-refractivity contribution in [3.8, 4) is 28.5 Å². The standard InChI is InChI=1S/C21H23N3O4/c1-13-5-7-14(8-6-13)12-24-17(21(22)25)11-16(23-24)15-9-18(26-2)20(28-4)19(10-15)27-3/h5-11H,12H2,1-4H3,(H2,22,25). The molecule has 0 radical (unpaired) electrons. The van der Waals surface area contributed by atoms with E-state index in [1.807, 2.05) is 31.2 Å². The summed E-state index contributed by atoms with van der Waals surface area (Å²) in [7, 11) is 4.64. The van der Waals surface area contributed by atoms with Crippen molar-refractivity contribution in [3.05, 3.63) is 59.3 Å². The molecule has 7 nitrogen and oxygen atoms in total. The fraction of sp³-hybridized carbons (Fsp3) is 0.238. The van der Waals surface area contributed by atoms with Gasteiger partial charge >= 0.3 is 0 Å². The molecule has 1 amide bonds. The number of carbonyl (C=O) groups is 1. The molecule has 0 aliphatic rings. The van der Waals surface area contributed by atoms with Crippen molar-refractivity contribution < 1.29 is 19.0 Å². The van der Waals surface area contributed by atoms with Crippen molar-refractivity contribution in [2.45, 2.75) is 13.5 Å². The topological polar surface area (TPSA) is 88.6 Å². The summed E-state index contributed by atoms with van der Waals surface area (Å²) in [6.07, 6.45) is 0. The molecule has 1 aromatic heterocycles. The van der Waals surface area contributed by atoms with Crippen LogP contribution in [-0.4, -0.2) is 37.0 Å². The Labute approximate surface area is 163 Å². The molecule has 0 saturated carbocycles. The summed E-state index contributed by atoms with van der Waals surface area (Å²) < 4.78 is 17.8. The van der Waals surface area contributed by atoms with E-state index < -0.39 is 5.91 Å². The molecule has 0 spiro atoms. The number of aryl methyl sites for hydroxylation is 1. The Bertz CT molecular complexity index is 968. The van der Waals surface area contributed by atoms with Gasteiger partial charge in [0.05, 0.1) is 33.6 Å². The molecule has 3 aromatic rings. The number of hydrogen-bond acceptors (Lipinski definition) is 5. The quantitative estimate of drug-likeness (QED) is 0.680. The maximum absolute atomic E-state index is 11.9. The van der Waals surface area contributed by atoms with Gasteiger partial charge in [-0.05, 0) is 30.7 Å². The molecule has 1 heterocycles. The number of hydrogen-bond donors (Lipinski definition) is 1. The van der Waals surface area contributed by atoms with Crippen LogP contribution in [0.1, 0.15) is 21.6 Å². The summed E-state index contributed by atoms with van der Waals surface area (Å²) in [4.78, 5) is 11.9. The third-order valence-electron chi connectivity index (χ3n) is 4.45. The van der Waals surface area contributed by atoms with Crippen molar-refractivity contribution in [2.75, 3.05) is 21.3 Å². The highest BCUT2D eigenvalue weighted by Crippen LogP contribution is 2.41. The van der Waals surface area contributed by atoms with Crippen molar-refractivity contribution in [1.29, 1.82) is 0 Å². The number of aromatic nitrogens is 2. The van der Waals surface area contributed by atoms with Crippen LogP contribution in [0.25, 0.3) is 11.3 Å². The van der Waals surface area contributed by atoms with Crippen molar-refractivity contribution in [3.63, 3.8) is 0 Å². The first-order valence-corrected chi connectivity index (χ1v) is 8.70. The number of carbonyl (C=O) groups excluding carboxylic acids is 1. The molecule has 2 N–H and O–H groups in total. The van der Waals surface area contributed by atoms with E-state index >= 15 is 0 Å². The molecule has 7 heteroatoms. The van der Waals surface area contributed by atoms with Crippen LogP contribution < -0.4 is 19.9 Å². The number of primary amides is 1. The monoisotopic (exact) mass is 381 g/mol. The second-order valence-electron chi connectivity index (χ2n) is 6.34. The lowest BCUT2D eigenvalue weighted by Crippen LogP contribution is -2.18. The Kier molecular flexibility index (Phi) is 5.54. The molecule has 0 aliphatic heterocycles. The highest BCUT2D eigenvalue weighted by Gasteiger charge is 2.19. The number of ether oxygens (including phenoxy) is 3. The summed E-state index contributed by atoms with van der Waals surface area (Å²) in [5.74, 6) is 0.956. The van der Waals surface area contributed by atoms with Gasteiger partial charge in [-0.2, -0.15) is 5.10 Å². The van der Waals surface area contributed by atoms with Gasteiger partial charge in [-0.25, -0.2) is 0 Å². The van der Waals surface area contributed by atoms with Gasteiger partial charge in [-0.15, -0.1) is 0 Å². The predicted octanol–water partition coefficient (Wildman–Crippen LogP) is 3.03. The van der Waals surface area contributed by atoms with E-state index in [9.17, 15) is 4.79 Å². The minimum Gasteiger partial charge on any atom is -0.493 e. The number of rotatable bonds is 7. The van der Waals surface area contributed by atoms with Gasteiger partial charge in [0.15, 0.2) is 11.5 Å². The number of amides is 1. The fourth-order valence-electron chi connectivity index (χ4n) is 2.97. The SMILES string of the molecule is COc1cc(-c2cc(C(N)=O)n(Cc3ccc(C)cc3)n2)cc(OC)c1OC. The highest BCUT2D eigenvalue weighted by molar-refractivity contribution is 5.92. The summed E-state index contributed by atoms with van der Waals surface area (Å²) >= 11 is 0. The van der Waals surface area contributed by atoms with Crippen molar-refractivity contribution >= 4 is 5.91 Å². The zero-order chi connectivity index (χ0) is 20.3. The van der Waals surface area contributed by atoms with Gasteiger partial charge in [-0.1, -0.05) is 29.8 Å². The Hall–Kier alpha value is -3.48. The first kappa shape index (κ1) is 19.3. The fourth-order valence-corrected chi connectivity index (χ4v) is 2.97. The molecule has 0 bridgehead atoms. The molecule has 2 aromatic carbocycles. The summed E-state index contributed by atoms with van der Waals surface area (Å²) in [6, 6.07) is 13.3. The maximum Gasteiger partial charge on any atom is 0.267 e. The van der Waals surface area contributed by atoms with E-state index in [-0.39, 0.29) is 0 Å². The van der Waals surface area contributed by atoms with Gasteiger partial charge in [0, 0.05) is 5.56 Å². The van der Waals surface area contributed by atoms with Crippen LogP contribution in [0.2, 0.25) is 0 Å².